The largest absolute Gasteiger partial charge is 0.497 e. The summed E-state index contributed by atoms with van der Waals surface area (Å²) in [6, 6.07) is 14.6. The Kier molecular flexibility index (Phi) is 6.87. The number of carbonyl (C=O) groups is 1. The minimum atomic E-state index is -0.677. The number of esters is 1. The third-order valence-electron chi connectivity index (χ3n) is 4.55. The summed E-state index contributed by atoms with van der Waals surface area (Å²) in [4.78, 5) is 18.0. The van der Waals surface area contributed by atoms with Crippen molar-refractivity contribution in [1.29, 1.82) is 0 Å². The molecule has 7 nitrogen and oxygen atoms in total. The third kappa shape index (κ3) is 5.35. The molecule has 4 aromatic rings. The van der Waals surface area contributed by atoms with E-state index in [1.165, 1.54) is 0 Å². The Hall–Kier alpha value is -3.17. The van der Waals surface area contributed by atoms with E-state index in [9.17, 15) is 4.79 Å². The Morgan fingerprint density at radius 1 is 1.12 bits per heavy atom. The van der Waals surface area contributed by atoms with Crippen molar-refractivity contribution < 1.29 is 18.7 Å². The van der Waals surface area contributed by atoms with Crippen LogP contribution < -0.4 is 4.74 Å². The monoisotopic (exact) mass is 467 g/mol. The maximum atomic E-state index is 12.5. The number of hydrogen-bond donors (Lipinski definition) is 0. The number of aromatic nitrogens is 3. The number of methoxy groups -OCH3 is 1. The zero-order valence-corrected chi connectivity index (χ0v) is 19.4. The number of hydrogen-bond acceptors (Lipinski definition) is 9. The van der Waals surface area contributed by atoms with Gasteiger partial charge in [-0.1, -0.05) is 0 Å². The lowest BCUT2D eigenvalue weighted by molar-refractivity contribution is 0.0280. The van der Waals surface area contributed by atoms with Gasteiger partial charge in [-0.05, 0) is 62.4 Å². The van der Waals surface area contributed by atoms with E-state index in [2.05, 4.69) is 20.6 Å². The Morgan fingerprint density at radius 2 is 1.88 bits per heavy atom. The fourth-order valence-electron chi connectivity index (χ4n) is 2.85. The van der Waals surface area contributed by atoms with Gasteiger partial charge in [0, 0.05) is 21.6 Å². The minimum Gasteiger partial charge on any atom is -0.497 e. The molecule has 0 spiro atoms. The summed E-state index contributed by atoms with van der Waals surface area (Å²) < 4.78 is 16.3. The van der Waals surface area contributed by atoms with Gasteiger partial charge in [-0.25, -0.2) is 9.78 Å². The Balaban J connectivity index is 1.34. The Labute approximate surface area is 193 Å². The molecule has 4 rings (SSSR count). The highest BCUT2D eigenvalue weighted by molar-refractivity contribution is 7.98. The van der Waals surface area contributed by atoms with Crippen molar-refractivity contribution in [2.75, 3.05) is 7.11 Å². The maximum absolute atomic E-state index is 12.5. The Bertz CT molecular complexity index is 1190. The van der Waals surface area contributed by atoms with E-state index in [1.54, 1.807) is 49.3 Å². The van der Waals surface area contributed by atoms with Gasteiger partial charge in [-0.3, -0.25) is 0 Å². The summed E-state index contributed by atoms with van der Waals surface area (Å²) in [6.07, 6.45) is -0.677. The molecule has 0 saturated heterocycles. The Morgan fingerprint density at radius 3 is 2.53 bits per heavy atom. The van der Waals surface area contributed by atoms with E-state index in [4.69, 9.17) is 13.9 Å². The van der Waals surface area contributed by atoms with Crippen LogP contribution in [-0.4, -0.2) is 28.3 Å². The molecule has 164 valence electrons. The van der Waals surface area contributed by atoms with E-state index < -0.39 is 12.1 Å². The lowest BCUT2D eigenvalue weighted by Gasteiger charge is -2.09. The molecule has 0 bridgehead atoms. The number of rotatable bonds is 8. The molecule has 0 amide bonds. The highest BCUT2D eigenvalue weighted by atomic mass is 32.2. The molecule has 0 aliphatic carbocycles. The summed E-state index contributed by atoms with van der Waals surface area (Å²) in [5, 5.41) is 11.2. The summed E-state index contributed by atoms with van der Waals surface area (Å²) in [5.41, 5.74) is 2.27. The van der Waals surface area contributed by atoms with Crippen molar-refractivity contribution in [3.63, 3.8) is 0 Å². The number of aryl methyl sites for hydroxylation is 1. The number of ether oxygens (including phenoxy) is 2. The number of benzene rings is 2. The van der Waals surface area contributed by atoms with E-state index in [-0.39, 0.29) is 5.89 Å². The first kappa shape index (κ1) is 22.0. The SMILES string of the molecule is COc1ccc(-c2nnc(C(C)OC(=O)c3ccc(SCc4csc(C)n4)cc3)o2)cc1. The second-order valence-corrected chi connectivity index (χ2v) is 9.00. The first-order valence-corrected chi connectivity index (χ1v) is 11.7. The van der Waals surface area contributed by atoms with Gasteiger partial charge in [0.15, 0.2) is 6.10 Å². The van der Waals surface area contributed by atoms with Gasteiger partial charge in [0.25, 0.3) is 5.89 Å². The smallest absolute Gasteiger partial charge is 0.338 e. The molecule has 9 heteroatoms. The molecule has 0 saturated carbocycles. The molecular formula is C23H21N3O4S2. The molecule has 0 radical (unpaired) electrons. The van der Waals surface area contributed by atoms with Crippen molar-refractivity contribution in [1.82, 2.24) is 15.2 Å². The fraction of sp³-hybridized carbons (Fsp3) is 0.217. The first-order chi connectivity index (χ1) is 15.5. The van der Waals surface area contributed by atoms with Crippen molar-refractivity contribution in [3.8, 4) is 17.2 Å². The van der Waals surface area contributed by atoms with Crippen molar-refractivity contribution in [2.24, 2.45) is 0 Å². The van der Waals surface area contributed by atoms with Gasteiger partial charge < -0.3 is 13.9 Å². The zero-order valence-electron chi connectivity index (χ0n) is 17.8. The average Bonchev–Trinajstić information content (AvgIpc) is 3.47. The molecular weight excluding hydrogens is 446 g/mol. The van der Waals surface area contributed by atoms with Gasteiger partial charge in [0.1, 0.15) is 5.75 Å². The topological polar surface area (TPSA) is 87.3 Å². The molecule has 32 heavy (non-hydrogen) atoms. The van der Waals surface area contributed by atoms with Gasteiger partial charge in [0.2, 0.25) is 5.89 Å². The van der Waals surface area contributed by atoms with Crippen LogP contribution >= 0.6 is 23.1 Å². The average molecular weight is 468 g/mol. The van der Waals surface area contributed by atoms with Gasteiger partial charge >= 0.3 is 5.97 Å². The predicted octanol–water partition coefficient (Wildman–Crippen LogP) is 5.72. The summed E-state index contributed by atoms with van der Waals surface area (Å²) in [5.74, 6) is 1.66. The minimum absolute atomic E-state index is 0.231. The summed E-state index contributed by atoms with van der Waals surface area (Å²) in [7, 11) is 1.60. The van der Waals surface area contributed by atoms with E-state index >= 15 is 0 Å². The van der Waals surface area contributed by atoms with Gasteiger partial charge in [-0.2, -0.15) is 0 Å². The number of carbonyl (C=O) groups excluding carboxylic acids is 1. The second kappa shape index (κ2) is 9.97. The van der Waals surface area contributed by atoms with Crippen LogP contribution in [0, 0.1) is 6.92 Å². The quantitative estimate of drug-likeness (QED) is 0.240. The molecule has 2 aromatic heterocycles. The zero-order chi connectivity index (χ0) is 22.5. The van der Waals surface area contributed by atoms with Crippen LogP contribution in [0.25, 0.3) is 11.5 Å². The molecule has 0 fully saturated rings. The number of thiazole rings is 1. The number of nitrogens with zero attached hydrogens (tertiary/aromatic N) is 3. The normalized spacial score (nSPS) is 11.8. The standard InChI is InChI=1S/C23H21N3O4S2/c1-14(21-25-26-22(30-21)16-4-8-19(28-3)9-5-16)29-23(27)17-6-10-20(11-7-17)32-13-18-12-31-15(2)24-18/h4-12,14H,13H2,1-3H3. The van der Waals surface area contributed by atoms with Crippen LogP contribution in [0.15, 0.2) is 63.2 Å². The predicted molar refractivity (Wildman–Crippen MR) is 123 cm³/mol. The summed E-state index contributed by atoms with van der Waals surface area (Å²) in [6.45, 7) is 3.69. The number of thioether (sulfide) groups is 1. The van der Waals surface area contributed by atoms with Crippen LogP contribution in [0.5, 0.6) is 5.75 Å². The van der Waals surface area contributed by atoms with Crippen molar-refractivity contribution in [2.45, 2.75) is 30.6 Å². The van der Waals surface area contributed by atoms with Gasteiger partial charge in [0.05, 0.1) is 23.4 Å². The van der Waals surface area contributed by atoms with E-state index in [0.29, 0.717) is 11.5 Å². The highest BCUT2D eigenvalue weighted by Gasteiger charge is 2.20. The highest BCUT2D eigenvalue weighted by Crippen LogP contribution is 2.26. The van der Waals surface area contributed by atoms with Crippen LogP contribution in [0.1, 0.15) is 40.0 Å². The van der Waals surface area contributed by atoms with Gasteiger partial charge in [-0.15, -0.1) is 33.3 Å². The molecule has 2 heterocycles. The first-order valence-electron chi connectivity index (χ1n) is 9.84. The fourth-order valence-corrected chi connectivity index (χ4v) is 4.36. The molecule has 2 aromatic carbocycles. The molecule has 0 aliphatic heterocycles. The third-order valence-corrected chi connectivity index (χ3v) is 6.42. The molecule has 1 unspecified atom stereocenters. The van der Waals surface area contributed by atoms with Crippen LogP contribution in [0.3, 0.4) is 0 Å². The van der Waals surface area contributed by atoms with Crippen LogP contribution in [0.4, 0.5) is 0 Å². The van der Waals surface area contributed by atoms with Crippen molar-refractivity contribution in [3.05, 3.63) is 76.1 Å². The molecule has 0 aliphatic rings. The van der Waals surface area contributed by atoms with Crippen LogP contribution in [-0.2, 0) is 10.5 Å². The van der Waals surface area contributed by atoms with E-state index in [1.807, 2.05) is 43.3 Å². The lowest BCUT2D eigenvalue weighted by Crippen LogP contribution is -2.09. The van der Waals surface area contributed by atoms with Crippen molar-refractivity contribution >= 4 is 29.1 Å². The van der Waals surface area contributed by atoms with Crippen LogP contribution in [0.2, 0.25) is 0 Å². The second-order valence-electron chi connectivity index (χ2n) is 6.89. The molecule has 1 atom stereocenters. The summed E-state index contributed by atoms with van der Waals surface area (Å²) >= 11 is 3.32. The maximum Gasteiger partial charge on any atom is 0.338 e. The lowest BCUT2D eigenvalue weighted by atomic mass is 10.2. The molecule has 0 N–H and O–H groups in total. The van der Waals surface area contributed by atoms with E-state index in [0.717, 1.165) is 32.7 Å².